The first-order chi connectivity index (χ1) is 7.40. The second-order valence-electron chi connectivity index (χ2n) is 4.36. The van der Waals surface area contributed by atoms with Crippen LogP contribution in [0.15, 0.2) is 0 Å². The molecular formula is C9H12N2O4S. The fourth-order valence-electron chi connectivity index (χ4n) is 2.24. The molecular weight excluding hydrogens is 232 g/mol. The van der Waals surface area contributed by atoms with Crippen molar-refractivity contribution in [3.8, 4) is 0 Å². The molecule has 1 unspecified atom stereocenters. The number of nitrogens with one attached hydrogen (secondary N) is 1. The number of nitrogens with zero attached hydrogens (tertiary/aromatic N) is 1. The first-order valence-corrected chi connectivity index (χ1v) is 5.70. The third-order valence-electron chi connectivity index (χ3n) is 2.92. The van der Waals surface area contributed by atoms with E-state index < -0.39 is 22.8 Å². The molecule has 0 spiro atoms. The summed E-state index contributed by atoms with van der Waals surface area (Å²) in [6.45, 7) is 3.58. The van der Waals surface area contributed by atoms with E-state index in [2.05, 4.69) is 5.32 Å². The molecule has 2 amide bonds. The largest absolute Gasteiger partial charge is 0.480 e. The predicted molar refractivity (Wildman–Crippen MR) is 56.7 cm³/mol. The number of carbonyl (C=O) groups excluding carboxylic acids is 2. The van der Waals surface area contributed by atoms with E-state index >= 15 is 0 Å². The van der Waals surface area contributed by atoms with Crippen LogP contribution in [0.4, 0.5) is 0 Å². The van der Waals surface area contributed by atoms with Crippen molar-refractivity contribution < 1.29 is 19.5 Å². The van der Waals surface area contributed by atoms with Crippen molar-refractivity contribution in [3.05, 3.63) is 0 Å². The van der Waals surface area contributed by atoms with Gasteiger partial charge in [0.15, 0.2) is 0 Å². The molecule has 0 radical (unpaired) electrons. The molecule has 0 aliphatic carbocycles. The normalized spacial score (nSPS) is 35.2. The van der Waals surface area contributed by atoms with Gasteiger partial charge in [-0.15, -0.1) is 11.8 Å². The maximum Gasteiger partial charge on any atom is 0.327 e. The molecule has 7 heteroatoms. The van der Waals surface area contributed by atoms with Crippen LogP contribution in [-0.4, -0.2) is 50.5 Å². The van der Waals surface area contributed by atoms with E-state index in [4.69, 9.17) is 5.11 Å². The van der Waals surface area contributed by atoms with Crippen molar-refractivity contribution in [1.82, 2.24) is 10.2 Å². The lowest BCUT2D eigenvalue weighted by molar-refractivity contribution is -0.160. The molecule has 0 bridgehead atoms. The number of hydrogen-bond donors (Lipinski definition) is 2. The highest BCUT2D eigenvalue weighted by molar-refractivity contribution is 8.01. The molecule has 2 aliphatic heterocycles. The first kappa shape index (κ1) is 11.3. The molecule has 0 saturated carbocycles. The van der Waals surface area contributed by atoms with Gasteiger partial charge in [0.05, 0.1) is 0 Å². The van der Waals surface area contributed by atoms with Crippen molar-refractivity contribution >= 4 is 30.0 Å². The minimum Gasteiger partial charge on any atom is -0.480 e. The monoisotopic (exact) mass is 244 g/mol. The van der Waals surface area contributed by atoms with Gasteiger partial charge in [0.2, 0.25) is 12.3 Å². The third kappa shape index (κ3) is 1.31. The summed E-state index contributed by atoms with van der Waals surface area (Å²) >= 11 is 1.41. The summed E-state index contributed by atoms with van der Waals surface area (Å²) in [4.78, 5) is 34.4. The number of hydrogen-bond acceptors (Lipinski definition) is 4. The molecule has 6 nitrogen and oxygen atoms in total. The number of amides is 2. The van der Waals surface area contributed by atoms with E-state index in [1.165, 1.54) is 16.7 Å². The van der Waals surface area contributed by atoms with Crippen LogP contribution in [0.2, 0.25) is 0 Å². The number of aliphatic carboxylic acids is 1. The summed E-state index contributed by atoms with van der Waals surface area (Å²) in [5, 5.41) is 11.3. The fourth-order valence-corrected chi connectivity index (χ4v) is 3.88. The van der Waals surface area contributed by atoms with Gasteiger partial charge in [-0.05, 0) is 13.8 Å². The van der Waals surface area contributed by atoms with E-state index in [0.717, 1.165) is 0 Å². The maximum atomic E-state index is 11.7. The molecule has 0 aromatic carbocycles. The Morgan fingerprint density at radius 2 is 2.25 bits per heavy atom. The SMILES string of the molecule is CC1(C)S[C@@H]2C(NC=O)C(=O)N2[C@H]1C(=O)O. The second-order valence-corrected chi connectivity index (χ2v) is 6.13. The zero-order valence-corrected chi connectivity index (χ0v) is 9.65. The number of carbonyl (C=O) groups is 3. The molecule has 0 aromatic heterocycles. The van der Waals surface area contributed by atoms with Gasteiger partial charge in [-0.3, -0.25) is 9.59 Å². The standard InChI is InChI=1S/C9H12N2O4S/c1-9(2)5(8(14)15)11-6(13)4(10-3-12)7(11)16-9/h3-5,7H,1-2H3,(H,10,12)(H,14,15)/t4?,5-,7+/m0/s1. The summed E-state index contributed by atoms with van der Waals surface area (Å²) < 4.78 is -0.536. The summed E-state index contributed by atoms with van der Waals surface area (Å²) in [6.07, 6.45) is 0.474. The Morgan fingerprint density at radius 3 is 2.75 bits per heavy atom. The molecule has 2 rings (SSSR count). The van der Waals surface area contributed by atoms with Gasteiger partial charge in [-0.1, -0.05) is 0 Å². The number of carboxylic acid groups (broad SMARTS) is 1. The van der Waals surface area contributed by atoms with Gasteiger partial charge in [-0.2, -0.15) is 0 Å². The van der Waals surface area contributed by atoms with Crippen molar-refractivity contribution in [1.29, 1.82) is 0 Å². The highest BCUT2D eigenvalue weighted by Gasteiger charge is 2.63. The zero-order chi connectivity index (χ0) is 12.1. The molecule has 3 atom stereocenters. The summed E-state index contributed by atoms with van der Waals surface area (Å²) in [7, 11) is 0. The average Bonchev–Trinajstić information content (AvgIpc) is 2.43. The summed E-state index contributed by atoms with van der Waals surface area (Å²) in [5.41, 5.74) is 0. The Bertz CT molecular complexity index is 371. The third-order valence-corrected chi connectivity index (χ3v) is 4.49. The van der Waals surface area contributed by atoms with Crippen LogP contribution in [0.5, 0.6) is 0 Å². The van der Waals surface area contributed by atoms with Gasteiger partial charge in [0.1, 0.15) is 17.5 Å². The molecule has 2 N–H and O–H groups in total. The lowest BCUT2D eigenvalue weighted by atomic mass is 9.96. The molecule has 2 saturated heterocycles. The summed E-state index contributed by atoms with van der Waals surface area (Å²) in [5.74, 6) is -1.32. The Labute approximate surface area is 96.4 Å². The number of thioether (sulfide) groups is 1. The van der Waals surface area contributed by atoms with E-state index in [-0.39, 0.29) is 11.3 Å². The number of rotatable bonds is 3. The van der Waals surface area contributed by atoms with Gasteiger partial charge < -0.3 is 15.3 Å². The fraction of sp³-hybridized carbons (Fsp3) is 0.667. The molecule has 2 fully saturated rings. The molecule has 2 aliphatic rings. The average molecular weight is 244 g/mol. The van der Waals surface area contributed by atoms with Crippen LogP contribution in [0.25, 0.3) is 0 Å². The minimum atomic E-state index is -1.00. The van der Waals surface area contributed by atoms with Crippen LogP contribution >= 0.6 is 11.8 Å². The van der Waals surface area contributed by atoms with Crippen LogP contribution in [0.3, 0.4) is 0 Å². The molecule has 2 heterocycles. The Morgan fingerprint density at radius 1 is 1.62 bits per heavy atom. The van der Waals surface area contributed by atoms with Crippen LogP contribution in [-0.2, 0) is 14.4 Å². The number of β-lactam (4-membered cyclic amide) rings is 1. The number of carboxylic acids is 1. The number of fused-ring (bicyclic) bond motifs is 1. The molecule has 16 heavy (non-hydrogen) atoms. The quantitative estimate of drug-likeness (QED) is 0.504. The van der Waals surface area contributed by atoms with E-state index in [0.29, 0.717) is 6.41 Å². The van der Waals surface area contributed by atoms with Gasteiger partial charge in [0.25, 0.3) is 0 Å². The van der Waals surface area contributed by atoms with Crippen molar-refractivity contribution in [2.45, 2.75) is 36.1 Å². The summed E-state index contributed by atoms with van der Waals surface area (Å²) in [6, 6.07) is -1.40. The van der Waals surface area contributed by atoms with Crippen molar-refractivity contribution in [2.24, 2.45) is 0 Å². The Hall–Kier alpha value is -1.24. The van der Waals surface area contributed by atoms with E-state index in [1.54, 1.807) is 13.8 Å². The lowest BCUT2D eigenvalue weighted by Crippen LogP contribution is -2.69. The smallest absolute Gasteiger partial charge is 0.327 e. The van der Waals surface area contributed by atoms with Crippen molar-refractivity contribution in [3.63, 3.8) is 0 Å². The zero-order valence-electron chi connectivity index (χ0n) is 8.84. The first-order valence-electron chi connectivity index (χ1n) is 4.82. The Balaban J connectivity index is 2.24. The maximum absolute atomic E-state index is 11.7. The highest BCUT2D eigenvalue weighted by Crippen LogP contribution is 2.50. The highest BCUT2D eigenvalue weighted by atomic mass is 32.2. The van der Waals surface area contributed by atoms with E-state index in [1.807, 2.05) is 0 Å². The second kappa shape index (κ2) is 3.38. The minimum absolute atomic E-state index is 0.256. The van der Waals surface area contributed by atoms with Crippen LogP contribution in [0, 0.1) is 0 Å². The predicted octanol–water partition coefficient (Wildman–Crippen LogP) is -0.752. The Kier molecular flexibility index (Phi) is 2.37. The van der Waals surface area contributed by atoms with E-state index in [9.17, 15) is 14.4 Å². The van der Waals surface area contributed by atoms with Gasteiger partial charge >= 0.3 is 5.97 Å². The lowest BCUT2D eigenvalue weighted by Gasteiger charge is -2.42. The molecule has 88 valence electrons. The van der Waals surface area contributed by atoms with Crippen LogP contribution < -0.4 is 5.32 Å². The van der Waals surface area contributed by atoms with Crippen LogP contribution in [0.1, 0.15) is 13.8 Å². The molecule has 0 aromatic rings. The van der Waals surface area contributed by atoms with Gasteiger partial charge in [0, 0.05) is 4.75 Å². The van der Waals surface area contributed by atoms with Gasteiger partial charge in [-0.25, -0.2) is 4.79 Å². The van der Waals surface area contributed by atoms with Crippen molar-refractivity contribution in [2.75, 3.05) is 0 Å². The topological polar surface area (TPSA) is 86.7 Å².